The molecule has 1 saturated heterocycles. The van der Waals surface area contributed by atoms with Crippen LogP contribution in [-0.2, 0) is 9.47 Å². The SMILES string of the molecule is COc1cc([C@@H](O)[C@@H](CO)Oc2ccc(C=CCO[C@@H]3O[C@H](CO)[C@@H](O)[C@H](O)[C@H]3O)cc2OC)ccc1O. The van der Waals surface area contributed by atoms with Crippen LogP contribution in [0.15, 0.2) is 42.5 Å². The number of aromatic hydroxyl groups is 1. The van der Waals surface area contributed by atoms with Gasteiger partial charge < -0.3 is 59.4 Å². The number of benzene rings is 2. The van der Waals surface area contributed by atoms with Crippen molar-refractivity contribution in [2.75, 3.05) is 34.0 Å². The first kappa shape index (κ1) is 29.6. The number of methoxy groups -OCH3 is 2. The van der Waals surface area contributed by atoms with Crippen molar-refractivity contribution in [1.82, 2.24) is 0 Å². The lowest BCUT2D eigenvalue weighted by Crippen LogP contribution is -2.59. The minimum absolute atomic E-state index is 0.0157. The van der Waals surface area contributed by atoms with Crippen LogP contribution in [0.4, 0.5) is 0 Å². The summed E-state index contributed by atoms with van der Waals surface area (Å²) in [5.41, 5.74) is 1.06. The molecule has 7 atom stereocenters. The predicted octanol–water partition coefficient (Wildman–Crippen LogP) is -0.288. The maximum absolute atomic E-state index is 10.7. The van der Waals surface area contributed by atoms with E-state index < -0.39 is 56.1 Å². The number of rotatable bonds is 12. The van der Waals surface area contributed by atoms with Crippen molar-refractivity contribution in [1.29, 1.82) is 0 Å². The van der Waals surface area contributed by atoms with Crippen LogP contribution in [0, 0.1) is 0 Å². The largest absolute Gasteiger partial charge is 0.504 e. The Balaban J connectivity index is 1.63. The standard InChI is InChI=1S/C26H34O12/c1-34-18-11-15(6-7-16(18)29)22(30)20(12-27)37-17-8-5-14(10-19(17)35-2)4-3-9-36-26-25(33)24(32)23(31)21(13-28)38-26/h3-8,10-11,20-33H,9,12-13H2,1-2H3/t20-,21-,22-,23-,24+,25-,26-/m1/s1. The third-order valence-electron chi connectivity index (χ3n) is 6.06. The smallest absolute Gasteiger partial charge is 0.187 e. The van der Waals surface area contributed by atoms with Crippen LogP contribution in [0.1, 0.15) is 17.2 Å². The van der Waals surface area contributed by atoms with Gasteiger partial charge in [0.25, 0.3) is 0 Å². The van der Waals surface area contributed by atoms with Gasteiger partial charge in [-0.15, -0.1) is 0 Å². The summed E-state index contributed by atoms with van der Waals surface area (Å²) >= 11 is 0. The Labute approximate surface area is 219 Å². The highest BCUT2D eigenvalue weighted by atomic mass is 16.7. The van der Waals surface area contributed by atoms with E-state index in [1.165, 1.54) is 32.4 Å². The molecule has 12 nitrogen and oxygen atoms in total. The highest BCUT2D eigenvalue weighted by Crippen LogP contribution is 2.34. The van der Waals surface area contributed by atoms with Crippen molar-refractivity contribution in [3.05, 3.63) is 53.6 Å². The molecule has 0 aliphatic carbocycles. The average molecular weight is 539 g/mol. The minimum Gasteiger partial charge on any atom is -0.504 e. The van der Waals surface area contributed by atoms with E-state index >= 15 is 0 Å². The Bertz CT molecular complexity index is 1060. The van der Waals surface area contributed by atoms with Crippen LogP contribution in [0.5, 0.6) is 23.0 Å². The molecule has 210 valence electrons. The van der Waals surface area contributed by atoms with Crippen LogP contribution in [0.25, 0.3) is 6.08 Å². The van der Waals surface area contributed by atoms with Gasteiger partial charge in [-0.3, -0.25) is 0 Å². The Kier molecular flexibility index (Phi) is 10.7. The molecule has 2 aromatic carbocycles. The summed E-state index contributed by atoms with van der Waals surface area (Å²) in [6.07, 6.45) is -5.75. The zero-order valence-corrected chi connectivity index (χ0v) is 21.0. The molecule has 1 fully saturated rings. The molecule has 0 aromatic heterocycles. The summed E-state index contributed by atoms with van der Waals surface area (Å²) in [5, 5.41) is 69.3. The van der Waals surface area contributed by atoms with Crippen molar-refractivity contribution in [2.24, 2.45) is 0 Å². The minimum atomic E-state index is -1.52. The second-order valence-electron chi connectivity index (χ2n) is 8.56. The molecule has 7 N–H and O–H groups in total. The molecular formula is C26H34O12. The first-order valence-corrected chi connectivity index (χ1v) is 11.8. The number of phenolic OH excluding ortho intramolecular Hbond substituents is 1. The second-order valence-corrected chi connectivity index (χ2v) is 8.56. The second kappa shape index (κ2) is 13.7. The van der Waals surface area contributed by atoms with Gasteiger partial charge >= 0.3 is 0 Å². The highest BCUT2D eigenvalue weighted by molar-refractivity contribution is 5.56. The summed E-state index contributed by atoms with van der Waals surface area (Å²) in [5.74, 6) is 0.679. The molecule has 1 aliphatic heterocycles. The quantitative estimate of drug-likeness (QED) is 0.187. The van der Waals surface area contributed by atoms with E-state index in [-0.39, 0.29) is 23.9 Å². The molecule has 1 aliphatic rings. The molecule has 38 heavy (non-hydrogen) atoms. The van der Waals surface area contributed by atoms with E-state index in [0.717, 1.165) is 0 Å². The molecule has 0 unspecified atom stereocenters. The lowest BCUT2D eigenvalue weighted by atomic mass is 9.99. The normalized spacial score (nSPS) is 25.2. The molecule has 12 heteroatoms. The van der Waals surface area contributed by atoms with Gasteiger partial charge in [-0.1, -0.05) is 24.3 Å². The summed E-state index contributed by atoms with van der Waals surface area (Å²) < 4.78 is 27.0. The molecule has 2 aromatic rings. The molecule has 0 amide bonds. The topological polar surface area (TPSA) is 188 Å². The van der Waals surface area contributed by atoms with Gasteiger partial charge in [0.15, 0.2) is 35.4 Å². The zero-order valence-electron chi connectivity index (χ0n) is 21.0. The van der Waals surface area contributed by atoms with Crippen molar-refractivity contribution in [3.63, 3.8) is 0 Å². The first-order chi connectivity index (χ1) is 18.2. The fraction of sp³-hybridized carbons (Fsp3) is 0.462. The number of aliphatic hydroxyl groups excluding tert-OH is 6. The third-order valence-corrected chi connectivity index (χ3v) is 6.06. The van der Waals surface area contributed by atoms with Crippen LogP contribution in [0.2, 0.25) is 0 Å². The van der Waals surface area contributed by atoms with E-state index in [4.69, 9.17) is 23.7 Å². The Morgan fingerprint density at radius 3 is 2.32 bits per heavy atom. The number of hydrogen-bond acceptors (Lipinski definition) is 12. The van der Waals surface area contributed by atoms with Gasteiger partial charge in [-0.25, -0.2) is 0 Å². The highest BCUT2D eigenvalue weighted by Gasteiger charge is 2.43. The Morgan fingerprint density at radius 1 is 0.921 bits per heavy atom. The molecule has 0 radical (unpaired) electrons. The fourth-order valence-corrected chi connectivity index (χ4v) is 3.88. The van der Waals surface area contributed by atoms with E-state index in [1.807, 2.05) is 0 Å². The van der Waals surface area contributed by atoms with Crippen molar-refractivity contribution in [3.8, 4) is 23.0 Å². The van der Waals surface area contributed by atoms with Crippen LogP contribution < -0.4 is 14.2 Å². The number of phenols is 1. The van der Waals surface area contributed by atoms with Gasteiger partial charge in [-0.2, -0.15) is 0 Å². The first-order valence-electron chi connectivity index (χ1n) is 11.8. The van der Waals surface area contributed by atoms with Gasteiger partial charge in [0.2, 0.25) is 0 Å². The summed E-state index contributed by atoms with van der Waals surface area (Å²) in [7, 11) is 2.82. The van der Waals surface area contributed by atoms with E-state index in [2.05, 4.69) is 0 Å². The predicted molar refractivity (Wildman–Crippen MR) is 133 cm³/mol. The number of aliphatic hydroxyl groups is 6. The molecule has 0 bridgehead atoms. The van der Waals surface area contributed by atoms with Crippen LogP contribution >= 0.6 is 0 Å². The maximum atomic E-state index is 10.7. The zero-order chi connectivity index (χ0) is 27.8. The summed E-state index contributed by atoms with van der Waals surface area (Å²) in [4.78, 5) is 0. The number of hydrogen-bond donors (Lipinski definition) is 7. The van der Waals surface area contributed by atoms with Gasteiger partial charge in [0.05, 0.1) is 34.0 Å². The summed E-state index contributed by atoms with van der Waals surface area (Å²) in [6, 6.07) is 9.27. The van der Waals surface area contributed by atoms with E-state index in [0.29, 0.717) is 16.9 Å². The Hall–Kier alpha value is -2.94. The lowest BCUT2D eigenvalue weighted by Gasteiger charge is -2.39. The summed E-state index contributed by atoms with van der Waals surface area (Å²) in [6.45, 7) is -1.07. The Morgan fingerprint density at radius 2 is 1.66 bits per heavy atom. The average Bonchev–Trinajstić information content (AvgIpc) is 2.94. The van der Waals surface area contributed by atoms with E-state index in [1.54, 1.807) is 30.4 Å². The van der Waals surface area contributed by atoms with Gasteiger partial charge in [0, 0.05) is 0 Å². The van der Waals surface area contributed by atoms with Gasteiger partial charge in [-0.05, 0) is 35.4 Å². The lowest BCUT2D eigenvalue weighted by molar-refractivity contribution is -0.298. The van der Waals surface area contributed by atoms with E-state index in [9.17, 15) is 35.7 Å². The molecular weight excluding hydrogens is 504 g/mol. The molecule has 0 saturated carbocycles. The van der Waals surface area contributed by atoms with Crippen molar-refractivity contribution >= 4 is 6.08 Å². The van der Waals surface area contributed by atoms with Crippen LogP contribution in [-0.4, -0.2) is 107 Å². The number of ether oxygens (including phenoxy) is 5. The fourth-order valence-electron chi connectivity index (χ4n) is 3.88. The monoisotopic (exact) mass is 538 g/mol. The van der Waals surface area contributed by atoms with Crippen molar-refractivity contribution in [2.45, 2.75) is 42.9 Å². The van der Waals surface area contributed by atoms with Crippen molar-refractivity contribution < 1.29 is 59.4 Å². The third kappa shape index (κ3) is 6.92. The maximum Gasteiger partial charge on any atom is 0.187 e. The van der Waals surface area contributed by atoms with Gasteiger partial charge in [0.1, 0.15) is 30.5 Å². The molecule has 3 rings (SSSR count). The molecule has 0 spiro atoms. The molecule has 1 heterocycles. The van der Waals surface area contributed by atoms with Crippen LogP contribution in [0.3, 0.4) is 0 Å².